The highest BCUT2D eigenvalue weighted by Gasteiger charge is 2.33. The normalized spacial score (nSPS) is 28.9. The van der Waals surface area contributed by atoms with Crippen molar-refractivity contribution in [1.82, 2.24) is 0 Å². The van der Waals surface area contributed by atoms with Gasteiger partial charge in [-0.3, -0.25) is 0 Å². The molecule has 0 amide bonds. The van der Waals surface area contributed by atoms with E-state index in [1.54, 1.807) is 0 Å². The van der Waals surface area contributed by atoms with E-state index >= 15 is 0 Å². The maximum Gasteiger partial charge on any atom is 0.150 e. The van der Waals surface area contributed by atoms with E-state index in [0.717, 1.165) is 12.7 Å². The van der Waals surface area contributed by atoms with Gasteiger partial charge >= 0.3 is 0 Å². The summed E-state index contributed by atoms with van der Waals surface area (Å²) >= 11 is 0. The third kappa shape index (κ3) is 4.93. The Labute approximate surface area is 103 Å². The van der Waals surface area contributed by atoms with Gasteiger partial charge in [-0.1, -0.05) is 6.42 Å². The van der Waals surface area contributed by atoms with Crippen LogP contribution in [0.1, 0.15) is 25.7 Å². The van der Waals surface area contributed by atoms with E-state index in [0.29, 0.717) is 19.3 Å². The minimum atomic E-state index is -3.23. The Morgan fingerprint density at radius 2 is 1.76 bits per heavy atom. The lowest BCUT2D eigenvalue weighted by Gasteiger charge is -2.30. The highest BCUT2D eigenvalue weighted by atomic mass is 32.2. The van der Waals surface area contributed by atoms with E-state index in [2.05, 4.69) is 0 Å². The third-order valence-corrected chi connectivity index (χ3v) is 5.88. The van der Waals surface area contributed by atoms with Gasteiger partial charge in [-0.25, -0.2) is 16.8 Å². The fourth-order valence-electron chi connectivity index (χ4n) is 2.37. The van der Waals surface area contributed by atoms with Crippen LogP contribution in [-0.2, 0) is 19.7 Å². The van der Waals surface area contributed by atoms with Crippen molar-refractivity contribution in [2.24, 2.45) is 5.92 Å². The molecule has 0 spiro atoms. The summed E-state index contributed by atoms with van der Waals surface area (Å²) in [4.78, 5) is 0. The van der Waals surface area contributed by atoms with E-state index in [-0.39, 0.29) is 11.7 Å². The molecule has 7 heteroatoms. The van der Waals surface area contributed by atoms with Crippen LogP contribution in [0.4, 0.5) is 0 Å². The van der Waals surface area contributed by atoms with Crippen LogP contribution in [0.15, 0.2) is 0 Å². The van der Waals surface area contributed by atoms with Crippen molar-refractivity contribution in [3.05, 3.63) is 0 Å². The maximum absolute atomic E-state index is 11.4. The lowest BCUT2D eigenvalue weighted by molar-refractivity contribution is 0.104. The van der Waals surface area contributed by atoms with Crippen LogP contribution in [0, 0.1) is 5.92 Å². The number of sulfone groups is 2. The van der Waals surface area contributed by atoms with Gasteiger partial charge < -0.3 is 5.11 Å². The van der Waals surface area contributed by atoms with Gasteiger partial charge in [0.1, 0.15) is 19.7 Å². The summed E-state index contributed by atoms with van der Waals surface area (Å²) in [5.41, 5.74) is 0. The molecule has 0 bridgehead atoms. The van der Waals surface area contributed by atoms with Crippen molar-refractivity contribution >= 4 is 19.7 Å². The summed E-state index contributed by atoms with van der Waals surface area (Å²) in [6.07, 6.45) is 3.73. The first kappa shape index (κ1) is 14.9. The zero-order valence-corrected chi connectivity index (χ0v) is 11.8. The van der Waals surface area contributed by atoms with Gasteiger partial charge in [-0.15, -0.1) is 0 Å². The smallest absolute Gasteiger partial charge is 0.150 e. The Hall–Kier alpha value is -0.140. The predicted octanol–water partition coefficient (Wildman–Crippen LogP) is -0.00470. The minimum absolute atomic E-state index is 0.224. The van der Waals surface area contributed by atoms with E-state index in [4.69, 9.17) is 0 Å². The Bertz CT molecular complexity index is 451. The highest BCUT2D eigenvalue weighted by Crippen LogP contribution is 2.31. The molecule has 1 aliphatic carbocycles. The molecule has 0 radical (unpaired) electrons. The highest BCUT2D eigenvalue weighted by molar-refractivity contribution is 7.91. The van der Waals surface area contributed by atoms with E-state index < -0.39 is 31.0 Å². The predicted molar refractivity (Wildman–Crippen MR) is 66.3 cm³/mol. The third-order valence-electron chi connectivity index (χ3n) is 3.29. The van der Waals surface area contributed by atoms with Crippen LogP contribution >= 0.6 is 0 Å². The van der Waals surface area contributed by atoms with Crippen LogP contribution in [0.3, 0.4) is 0 Å². The lowest BCUT2D eigenvalue weighted by atomic mass is 9.85. The van der Waals surface area contributed by atoms with Gasteiger partial charge in [0.2, 0.25) is 0 Å². The van der Waals surface area contributed by atoms with Crippen molar-refractivity contribution in [3.63, 3.8) is 0 Å². The second-order valence-electron chi connectivity index (χ2n) is 5.04. The first-order chi connectivity index (χ1) is 7.59. The first-order valence-corrected chi connectivity index (χ1v) is 9.66. The Balaban J connectivity index is 2.67. The maximum atomic E-state index is 11.4. The molecule has 0 aromatic rings. The molecule has 1 aliphatic rings. The lowest BCUT2D eigenvalue weighted by Crippen LogP contribution is -2.36. The van der Waals surface area contributed by atoms with Crippen LogP contribution in [0.25, 0.3) is 0 Å². The summed E-state index contributed by atoms with van der Waals surface area (Å²) in [5.74, 6) is -0.507. The molecule has 1 N–H and O–H groups in total. The Kier molecular flexibility index (Phi) is 4.60. The molecule has 102 valence electrons. The van der Waals surface area contributed by atoms with Crippen LogP contribution in [0.5, 0.6) is 0 Å². The summed E-state index contributed by atoms with van der Waals surface area (Å²) in [5, 5.41) is 9.38. The summed E-state index contributed by atoms with van der Waals surface area (Å²) < 4.78 is 45.0. The van der Waals surface area contributed by atoms with Crippen molar-refractivity contribution in [3.8, 4) is 0 Å². The zero-order chi connectivity index (χ0) is 13.3. The monoisotopic (exact) mass is 284 g/mol. The average molecular weight is 284 g/mol. The summed E-state index contributed by atoms with van der Waals surface area (Å²) in [6, 6.07) is 0. The topological polar surface area (TPSA) is 88.5 Å². The number of hydrogen-bond acceptors (Lipinski definition) is 5. The number of rotatable bonds is 4. The first-order valence-electron chi connectivity index (χ1n) is 5.64. The van der Waals surface area contributed by atoms with Crippen LogP contribution in [0.2, 0.25) is 0 Å². The fraction of sp³-hybridized carbons (Fsp3) is 1.00. The van der Waals surface area contributed by atoms with Crippen molar-refractivity contribution in [2.75, 3.05) is 18.3 Å². The van der Waals surface area contributed by atoms with Crippen molar-refractivity contribution in [2.45, 2.75) is 37.0 Å². The molecule has 0 aromatic carbocycles. The zero-order valence-electron chi connectivity index (χ0n) is 10.2. The SMILES string of the molecule is CS(=O)(=O)CC(O)C1CCCC(S(C)(=O)=O)C1. The number of hydrogen-bond donors (Lipinski definition) is 1. The molecule has 5 nitrogen and oxygen atoms in total. The fourth-order valence-corrected chi connectivity index (χ4v) is 4.45. The van der Waals surface area contributed by atoms with Crippen LogP contribution in [-0.4, -0.2) is 51.6 Å². The average Bonchev–Trinajstić information content (AvgIpc) is 2.14. The molecular weight excluding hydrogens is 264 g/mol. The van der Waals surface area contributed by atoms with E-state index in [9.17, 15) is 21.9 Å². The largest absolute Gasteiger partial charge is 0.392 e. The molecular formula is C10H20O5S2. The van der Waals surface area contributed by atoms with Crippen molar-refractivity contribution < 1.29 is 21.9 Å². The second kappa shape index (κ2) is 5.24. The van der Waals surface area contributed by atoms with Gasteiger partial charge in [0, 0.05) is 12.5 Å². The molecule has 0 heterocycles. The molecule has 3 unspecified atom stereocenters. The van der Waals surface area contributed by atoms with Gasteiger partial charge in [-0.05, 0) is 25.2 Å². The van der Waals surface area contributed by atoms with E-state index in [1.807, 2.05) is 0 Å². The molecule has 1 rings (SSSR count). The molecule has 0 aliphatic heterocycles. The number of aliphatic hydroxyl groups is 1. The van der Waals surface area contributed by atoms with E-state index in [1.165, 1.54) is 6.26 Å². The quantitative estimate of drug-likeness (QED) is 0.784. The standard InChI is InChI=1S/C10H20O5S2/c1-16(12,13)7-10(11)8-4-3-5-9(6-8)17(2,14)15/h8-11H,3-7H2,1-2H3. The summed E-state index contributed by atoms with van der Waals surface area (Å²) in [6.45, 7) is 0. The molecule has 1 saturated carbocycles. The van der Waals surface area contributed by atoms with Crippen molar-refractivity contribution in [1.29, 1.82) is 0 Å². The Morgan fingerprint density at radius 3 is 2.24 bits per heavy atom. The minimum Gasteiger partial charge on any atom is -0.392 e. The summed E-state index contributed by atoms with van der Waals surface area (Å²) in [7, 11) is -6.32. The molecule has 0 aromatic heterocycles. The Morgan fingerprint density at radius 1 is 1.18 bits per heavy atom. The number of aliphatic hydroxyl groups excluding tert-OH is 1. The second-order valence-corrected chi connectivity index (χ2v) is 9.55. The molecule has 17 heavy (non-hydrogen) atoms. The van der Waals surface area contributed by atoms with Crippen LogP contribution < -0.4 is 0 Å². The van der Waals surface area contributed by atoms with Gasteiger partial charge in [-0.2, -0.15) is 0 Å². The van der Waals surface area contributed by atoms with Gasteiger partial charge in [0.05, 0.1) is 17.1 Å². The molecule has 3 atom stereocenters. The molecule has 1 fully saturated rings. The van der Waals surface area contributed by atoms with Gasteiger partial charge in [0.25, 0.3) is 0 Å². The van der Waals surface area contributed by atoms with Gasteiger partial charge in [0.15, 0.2) is 0 Å². The molecule has 0 saturated heterocycles.